The Balaban J connectivity index is 1.45. The maximum atomic E-state index is 4.38. The quantitative estimate of drug-likeness (QED) is 0.844. The molecular weight excluding hydrogens is 286 g/mol. The lowest BCUT2D eigenvalue weighted by atomic mass is 10.2. The number of rotatable bonds is 5. The number of aryl methyl sites for hydroxylation is 1. The molecule has 3 rings (SSSR count). The summed E-state index contributed by atoms with van der Waals surface area (Å²) in [4.78, 5) is 15.9. The summed E-state index contributed by atoms with van der Waals surface area (Å²) >= 11 is 0. The summed E-state index contributed by atoms with van der Waals surface area (Å²) in [7, 11) is 2.06. The lowest BCUT2D eigenvalue weighted by molar-refractivity contribution is 0.263. The molecule has 2 aromatic rings. The number of benzene rings is 1. The van der Waals surface area contributed by atoms with Crippen LogP contribution < -0.4 is 9.80 Å². The standard InChI is InChI=1S/C18H25N5/c1-16-14-19-18(20-15-16)21(2)8-9-22-10-12-23(13-11-22)17-6-4-3-5-7-17/h3-7,14-15H,8-13H2,1-2H3. The van der Waals surface area contributed by atoms with Crippen LogP contribution in [0, 0.1) is 6.92 Å². The number of para-hydroxylation sites is 1. The molecule has 2 heterocycles. The normalized spacial score (nSPS) is 15.7. The number of hydrogen-bond acceptors (Lipinski definition) is 5. The summed E-state index contributed by atoms with van der Waals surface area (Å²) in [5, 5.41) is 0. The van der Waals surface area contributed by atoms with E-state index < -0.39 is 0 Å². The molecule has 0 spiro atoms. The molecule has 0 bridgehead atoms. The Hall–Kier alpha value is -2.14. The van der Waals surface area contributed by atoms with Crippen LogP contribution in [0.3, 0.4) is 0 Å². The zero-order chi connectivity index (χ0) is 16.1. The average molecular weight is 311 g/mol. The molecule has 5 nitrogen and oxygen atoms in total. The minimum Gasteiger partial charge on any atom is -0.369 e. The topological polar surface area (TPSA) is 35.5 Å². The second kappa shape index (κ2) is 7.42. The SMILES string of the molecule is Cc1cnc(N(C)CCN2CCN(c3ccccc3)CC2)nc1. The Morgan fingerprint density at radius 1 is 1.00 bits per heavy atom. The predicted octanol–water partition coefficient (Wildman–Crippen LogP) is 2.04. The van der Waals surface area contributed by atoms with Gasteiger partial charge in [-0.25, -0.2) is 9.97 Å². The molecule has 0 saturated carbocycles. The lowest BCUT2D eigenvalue weighted by Crippen LogP contribution is -2.48. The van der Waals surface area contributed by atoms with Gasteiger partial charge >= 0.3 is 0 Å². The molecule has 0 atom stereocenters. The fraction of sp³-hybridized carbons (Fsp3) is 0.444. The van der Waals surface area contributed by atoms with Crippen molar-refractivity contribution in [1.82, 2.24) is 14.9 Å². The third-order valence-corrected chi connectivity index (χ3v) is 4.35. The number of likely N-dealkylation sites (N-methyl/N-ethyl adjacent to an activating group) is 1. The van der Waals surface area contributed by atoms with Crippen LogP contribution in [0.2, 0.25) is 0 Å². The number of nitrogens with zero attached hydrogens (tertiary/aromatic N) is 5. The molecule has 1 aromatic carbocycles. The molecule has 1 aliphatic heterocycles. The van der Waals surface area contributed by atoms with E-state index in [0.29, 0.717) is 0 Å². The number of anilines is 2. The minimum atomic E-state index is 0.804. The van der Waals surface area contributed by atoms with E-state index in [1.807, 2.05) is 19.3 Å². The van der Waals surface area contributed by atoms with Crippen molar-refractivity contribution in [2.75, 3.05) is 56.1 Å². The molecule has 23 heavy (non-hydrogen) atoms. The smallest absolute Gasteiger partial charge is 0.225 e. The molecule has 5 heteroatoms. The van der Waals surface area contributed by atoms with Crippen molar-refractivity contribution in [3.8, 4) is 0 Å². The first-order valence-electron chi connectivity index (χ1n) is 8.24. The van der Waals surface area contributed by atoms with E-state index in [9.17, 15) is 0 Å². The van der Waals surface area contributed by atoms with E-state index in [2.05, 4.69) is 62.0 Å². The van der Waals surface area contributed by atoms with Gasteiger partial charge in [-0.1, -0.05) is 18.2 Å². The van der Waals surface area contributed by atoms with E-state index in [4.69, 9.17) is 0 Å². The van der Waals surface area contributed by atoms with Crippen molar-refractivity contribution >= 4 is 11.6 Å². The van der Waals surface area contributed by atoms with E-state index in [1.165, 1.54) is 5.69 Å². The zero-order valence-corrected chi connectivity index (χ0v) is 14.0. The van der Waals surface area contributed by atoms with Crippen LogP contribution in [0.4, 0.5) is 11.6 Å². The maximum Gasteiger partial charge on any atom is 0.225 e. The molecule has 1 aliphatic rings. The Morgan fingerprint density at radius 3 is 2.30 bits per heavy atom. The van der Waals surface area contributed by atoms with Crippen LogP contribution in [0.5, 0.6) is 0 Å². The highest BCUT2D eigenvalue weighted by molar-refractivity contribution is 5.46. The molecule has 1 aromatic heterocycles. The summed E-state index contributed by atoms with van der Waals surface area (Å²) in [6, 6.07) is 10.7. The molecule has 122 valence electrons. The highest BCUT2D eigenvalue weighted by Crippen LogP contribution is 2.15. The fourth-order valence-electron chi connectivity index (χ4n) is 2.84. The molecular formula is C18H25N5. The first-order valence-corrected chi connectivity index (χ1v) is 8.24. The highest BCUT2D eigenvalue weighted by atomic mass is 15.3. The van der Waals surface area contributed by atoms with Crippen molar-refractivity contribution in [2.45, 2.75) is 6.92 Å². The van der Waals surface area contributed by atoms with Gasteiger partial charge in [0, 0.05) is 64.4 Å². The van der Waals surface area contributed by atoms with Gasteiger partial charge in [-0.05, 0) is 24.6 Å². The van der Waals surface area contributed by atoms with Crippen LogP contribution in [0.25, 0.3) is 0 Å². The van der Waals surface area contributed by atoms with Crippen LogP contribution in [0.1, 0.15) is 5.56 Å². The van der Waals surface area contributed by atoms with Gasteiger partial charge in [0.1, 0.15) is 0 Å². The van der Waals surface area contributed by atoms with Crippen molar-refractivity contribution in [3.63, 3.8) is 0 Å². The van der Waals surface area contributed by atoms with Gasteiger partial charge in [-0.2, -0.15) is 0 Å². The second-order valence-corrected chi connectivity index (χ2v) is 6.15. The third-order valence-electron chi connectivity index (χ3n) is 4.35. The molecule has 1 fully saturated rings. The second-order valence-electron chi connectivity index (χ2n) is 6.15. The van der Waals surface area contributed by atoms with E-state index >= 15 is 0 Å². The molecule has 0 amide bonds. The molecule has 1 saturated heterocycles. The Morgan fingerprint density at radius 2 is 1.65 bits per heavy atom. The summed E-state index contributed by atoms with van der Waals surface area (Å²) in [5.74, 6) is 0.804. The Kier molecular flexibility index (Phi) is 5.08. The first-order chi connectivity index (χ1) is 11.2. The van der Waals surface area contributed by atoms with E-state index in [0.717, 1.165) is 50.8 Å². The monoisotopic (exact) mass is 311 g/mol. The molecule has 0 unspecified atom stereocenters. The predicted molar refractivity (Wildman–Crippen MR) is 95.1 cm³/mol. The zero-order valence-electron chi connectivity index (χ0n) is 14.0. The summed E-state index contributed by atoms with van der Waals surface area (Å²) in [5.41, 5.74) is 2.43. The van der Waals surface area contributed by atoms with Crippen LogP contribution in [0.15, 0.2) is 42.7 Å². The van der Waals surface area contributed by atoms with E-state index in [-0.39, 0.29) is 0 Å². The molecule has 0 N–H and O–H groups in total. The van der Waals surface area contributed by atoms with Crippen molar-refractivity contribution in [1.29, 1.82) is 0 Å². The van der Waals surface area contributed by atoms with Gasteiger partial charge in [0.2, 0.25) is 5.95 Å². The largest absolute Gasteiger partial charge is 0.369 e. The maximum absolute atomic E-state index is 4.38. The van der Waals surface area contributed by atoms with Gasteiger partial charge in [0.25, 0.3) is 0 Å². The average Bonchev–Trinajstić information content (AvgIpc) is 2.61. The minimum absolute atomic E-state index is 0.804. The van der Waals surface area contributed by atoms with Crippen LogP contribution >= 0.6 is 0 Å². The first kappa shape index (κ1) is 15.7. The Labute approximate surface area is 138 Å². The van der Waals surface area contributed by atoms with Crippen LogP contribution in [-0.4, -0.2) is 61.2 Å². The van der Waals surface area contributed by atoms with Gasteiger partial charge < -0.3 is 9.80 Å². The van der Waals surface area contributed by atoms with Gasteiger partial charge in [-0.15, -0.1) is 0 Å². The van der Waals surface area contributed by atoms with Crippen molar-refractivity contribution in [2.24, 2.45) is 0 Å². The number of hydrogen-bond donors (Lipinski definition) is 0. The van der Waals surface area contributed by atoms with Crippen molar-refractivity contribution in [3.05, 3.63) is 48.3 Å². The molecule has 0 aliphatic carbocycles. The highest BCUT2D eigenvalue weighted by Gasteiger charge is 2.17. The van der Waals surface area contributed by atoms with E-state index in [1.54, 1.807) is 0 Å². The Bertz CT molecular complexity index is 591. The number of piperazine rings is 1. The van der Waals surface area contributed by atoms with Gasteiger partial charge in [0.15, 0.2) is 0 Å². The van der Waals surface area contributed by atoms with Crippen LogP contribution in [-0.2, 0) is 0 Å². The van der Waals surface area contributed by atoms with Gasteiger partial charge in [-0.3, -0.25) is 4.90 Å². The fourth-order valence-corrected chi connectivity index (χ4v) is 2.84. The molecule has 0 radical (unpaired) electrons. The van der Waals surface area contributed by atoms with Crippen molar-refractivity contribution < 1.29 is 0 Å². The summed E-state index contributed by atoms with van der Waals surface area (Å²) in [6.07, 6.45) is 3.74. The lowest BCUT2D eigenvalue weighted by Gasteiger charge is -2.36. The van der Waals surface area contributed by atoms with Gasteiger partial charge in [0.05, 0.1) is 0 Å². The summed E-state index contributed by atoms with van der Waals surface area (Å²) < 4.78 is 0. The number of aromatic nitrogens is 2. The third kappa shape index (κ3) is 4.20. The summed E-state index contributed by atoms with van der Waals surface area (Å²) in [6.45, 7) is 8.42.